The Morgan fingerprint density at radius 2 is 1.87 bits per heavy atom. The van der Waals surface area contributed by atoms with Crippen molar-refractivity contribution in [1.29, 1.82) is 0 Å². The maximum Gasteiger partial charge on any atom is 0.331 e. The third-order valence-electron chi connectivity index (χ3n) is 4.94. The number of aromatic nitrogens is 1. The molecule has 2 aromatic heterocycles. The van der Waals surface area contributed by atoms with Crippen molar-refractivity contribution in [3.8, 4) is 5.69 Å². The fourth-order valence-corrected chi connectivity index (χ4v) is 3.49. The van der Waals surface area contributed by atoms with Crippen LogP contribution < -0.4 is 5.32 Å². The highest BCUT2D eigenvalue weighted by Gasteiger charge is 2.36. The van der Waals surface area contributed by atoms with Gasteiger partial charge < -0.3 is 8.98 Å². The summed E-state index contributed by atoms with van der Waals surface area (Å²) in [5, 5.41) is 2.17. The van der Waals surface area contributed by atoms with Crippen LogP contribution in [0.4, 0.5) is 9.18 Å². The number of carbonyl (C=O) groups excluding carboxylic acids is 3. The number of benzene rings is 1. The first-order valence-electron chi connectivity index (χ1n) is 9.22. The average molecular weight is 407 g/mol. The monoisotopic (exact) mass is 407 g/mol. The van der Waals surface area contributed by atoms with Gasteiger partial charge in [-0.05, 0) is 55.8 Å². The molecule has 0 aliphatic carbocycles. The van der Waals surface area contributed by atoms with Crippen molar-refractivity contribution in [1.82, 2.24) is 14.8 Å². The van der Waals surface area contributed by atoms with E-state index in [1.165, 1.54) is 18.4 Å². The first-order valence-corrected chi connectivity index (χ1v) is 9.22. The zero-order valence-corrected chi connectivity index (χ0v) is 16.3. The quantitative estimate of drug-likeness (QED) is 0.530. The van der Waals surface area contributed by atoms with Gasteiger partial charge in [0.15, 0.2) is 0 Å². The van der Waals surface area contributed by atoms with Crippen LogP contribution in [0.5, 0.6) is 0 Å². The Kier molecular flexibility index (Phi) is 4.83. The van der Waals surface area contributed by atoms with Crippen LogP contribution in [0.1, 0.15) is 22.7 Å². The van der Waals surface area contributed by atoms with Crippen LogP contribution in [0.2, 0.25) is 0 Å². The smallest absolute Gasteiger partial charge is 0.331 e. The lowest BCUT2D eigenvalue weighted by atomic mass is 10.1. The summed E-state index contributed by atoms with van der Waals surface area (Å²) < 4.78 is 21.2. The van der Waals surface area contributed by atoms with E-state index in [0.717, 1.165) is 10.6 Å². The molecule has 1 aliphatic rings. The lowest BCUT2D eigenvalue weighted by Gasteiger charge is -2.25. The van der Waals surface area contributed by atoms with Crippen LogP contribution in [-0.4, -0.2) is 27.3 Å². The van der Waals surface area contributed by atoms with Crippen molar-refractivity contribution in [2.45, 2.75) is 20.4 Å². The molecular weight excluding hydrogens is 389 g/mol. The van der Waals surface area contributed by atoms with Gasteiger partial charge in [0.2, 0.25) is 0 Å². The summed E-state index contributed by atoms with van der Waals surface area (Å²) >= 11 is 0. The number of amides is 4. The molecule has 1 fully saturated rings. The zero-order chi connectivity index (χ0) is 21.4. The molecule has 1 aromatic carbocycles. The van der Waals surface area contributed by atoms with Crippen LogP contribution in [0.3, 0.4) is 0 Å². The van der Waals surface area contributed by atoms with E-state index in [4.69, 9.17) is 4.42 Å². The topological polar surface area (TPSA) is 84.6 Å². The first-order chi connectivity index (χ1) is 14.4. The number of nitrogens with one attached hydrogen (secondary N) is 1. The molecule has 30 heavy (non-hydrogen) atoms. The van der Waals surface area contributed by atoms with Crippen molar-refractivity contribution in [2.24, 2.45) is 0 Å². The molecule has 8 heteroatoms. The Bertz CT molecular complexity index is 1190. The predicted molar refractivity (Wildman–Crippen MR) is 106 cm³/mol. The normalized spacial score (nSPS) is 15.8. The minimum atomic E-state index is -0.810. The van der Waals surface area contributed by atoms with Crippen LogP contribution in [-0.2, 0) is 16.1 Å². The van der Waals surface area contributed by atoms with Crippen LogP contribution >= 0.6 is 0 Å². The largest absolute Gasteiger partial charge is 0.467 e. The van der Waals surface area contributed by atoms with Gasteiger partial charge in [-0.3, -0.25) is 19.8 Å². The maximum atomic E-state index is 14.3. The molecule has 0 saturated carbocycles. The van der Waals surface area contributed by atoms with Crippen LogP contribution in [0.15, 0.2) is 58.7 Å². The van der Waals surface area contributed by atoms with Crippen molar-refractivity contribution in [3.63, 3.8) is 0 Å². The highest BCUT2D eigenvalue weighted by atomic mass is 19.1. The second-order valence-electron chi connectivity index (χ2n) is 6.90. The van der Waals surface area contributed by atoms with Gasteiger partial charge in [-0.15, -0.1) is 0 Å². The van der Waals surface area contributed by atoms with Gasteiger partial charge in [-0.2, -0.15) is 0 Å². The summed E-state index contributed by atoms with van der Waals surface area (Å²) in [6.45, 7) is 3.47. The van der Waals surface area contributed by atoms with E-state index in [2.05, 4.69) is 5.32 Å². The molecule has 4 amide bonds. The highest BCUT2D eigenvalue weighted by Crippen LogP contribution is 2.25. The minimum absolute atomic E-state index is 0.101. The Morgan fingerprint density at radius 1 is 1.10 bits per heavy atom. The standard InChI is InChI=1S/C22H18FN3O4/c1-13-10-15(14(2)26(13)19-8-4-3-7-18(19)23)11-17-20(27)24-22(29)25(21(17)28)12-16-6-5-9-30-16/h3-11H,12H2,1-2H3,(H,24,27,29)/b17-11+. The number of halogens is 1. The molecule has 0 atom stereocenters. The first kappa shape index (κ1) is 19.4. The van der Waals surface area contributed by atoms with E-state index < -0.39 is 17.8 Å². The van der Waals surface area contributed by atoms with E-state index in [-0.39, 0.29) is 17.9 Å². The lowest BCUT2D eigenvalue weighted by molar-refractivity contribution is -0.130. The summed E-state index contributed by atoms with van der Waals surface area (Å²) in [5.41, 5.74) is 2.14. The Morgan fingerprint density at radius 3 is 2.57 bits per heavy atom. The van der Waals surface area contributed by atoms with Crippen molar-refractivity contribution >= 4 is 23.9 Å². The van der Waals surface area contributed by atoms with Crippen LogP contribution in [0.25, 0.3) is 11.8 Å². The second-order valence-corrected chi connectivity index (χ2v) is 6.90. The Hall–Kier alpha value is -3.94. The van der Waals surface area contributed by atoms with Crippen LogP contribution in [0, 0.1) is 19.7 Å². The summed E-state index contributed by atoms with van der Waals surface area (Å²) in [6, 6.07) is 10.6. The van der Waals surface area contributed by atoms with Gasteiger partial charge in [0, 0.05) is 11.4 Å². The number of hydrogen-bond donors (Lipinski definition) is 1. The highest BCUT2D eigenvalue weighted by molar-refractivity contribution is 6.31. The molecule has 1 aliphatic heterocycles. The molecule has 0 unspecified atom stereocenters. The number of hydrogen-bond acceptors (Lipinski definition) is 4. The van der Waals surface area contributed by atoms with E-state index in [1.54, 1.807) is 54.8 Å². The molecule has 3 heterocycles. The number of nitrogens with zero attached hydrogens (tertiary/aromatic N) is 2. The fraction of sp³-hybridized carbons (Fsp3) is 0.136. The van der Waals surface area contributed by atoms with Gasteiger partial charge >= 0.3 is 6.03 Å². The maximum absolute atomic E-state index is 14.3. The summed E-state index contributed by atoms with van der Waals surface area (Å²) in [5.74, 6) is -1.49. The lowest BCUT2D eigenvalue weighted by Crippen LogP contribution is -2.53. The number of aryl methyl sites for hydroxylation is 1. The minimum Gasteiger partial charge on any atom is -0.467 e. The number of urea groups is 1. The van der Waals surface area contributed by atoms with Gasteiger partial charge in [-0.1, -0.05) is 12.1 Å². The molecule has 0 radical (unpaired) electrons. The summed E-state index contributed by atoms with van der Waals surface area (Å²) in [7, 11) is 0. The van der Waals surface area contributed by atoms with Crippen molar-refractivity contribution in [3.05, 3.63) is 82.8 Å². The van der Waals surface area contributed by atoms with Crippen molar-refractivity contribution in [2.75, 3.05) is 0 Å². The molecule has 7 nitrogen and oxygen atoms in total. The second kappa shape index (κ2) is 7.47. The third kappa shape index (κ3) is 3.32. The molecule has 4 rings (SSSR count). The Labute approximate surface area is 171 Å². The zero-order valence-electron chi connectivity index (χ0n) is 16.3. The Balaban J connectivity index is 1.72. The summed E-state index contributed by atoms with van der Waals surface area (Å²) in [6.07, 6.45) is 2.85. The summed E-state index contributed by atoms with van der Waals surface area (Å²) in [4.78, 5) is 38.3. The van der Waals surface area contributed by atoms with Gasteiger partial charge in [0.05, 0.1) is 18.5 Å². The fourth-order valence-electron chi connectivity index (χ4n) is 3.49. The number of imide groups is 2. The number of carbonyl (C=O) groups is 3. The number of barbiturate groups is 1. The van der Waals surface area contributed by atoms with Crippen molar-refractivity contribution < 1.29 is 23.2 Å². The molecule has 0 bridgehead atoms. The molecule has 152 valence electrons. The number of furan rings is 1. The van der Waals surface area contributed by atoms with Gasteiger partial charge in [-0.25, -0.2) is 9.18 Å². The van der Waals surface area contributed by atoms with E-state index in [9.17, 15) is 18.8 Å². The number of para-hydroxylation sites is 1. The average Bonchev–Trinajstić information content (AvgIpc) is 3.31. The number of rotatable bonds is 4. The van der Waals surface area contributed by atoms with Gasteiger partial charge in [0.25, 0.3) is 11.8 Å². The van der Waals surface area contributed by atoms with E-state index in [0.29, 0.717) is 22.7 Å². The molecular formula is C22H18FN3O4. The van der Waals surface area contributed by atoms with E-state index >= 15 is 0 Å². The molecule has 1 N–H and O–H groups in total. The van der Waals surface area contributed by atoms with E-state index in [1.807, 2.05) is 0 Å². The van der Waals surface area contributed by atoms with Gasteiger partial charge in [0.1, 0.15) is 17.2 Å². The SMILES string of the molecule is Cc1cc(/C=C2\C(=O)NC(=O)N(Cc3ccco3)C2=O)c(C)n1-c1ccccc1F. The predicted octanol–water partition coefficient (Wildman–Crippen LogP) is 3.49. The third-order valence-corrected chi connectivity index (χ3v) is 4.94. The molecule has 1 saturated heterocycles. The molecule has 0 spiro atoms. The molecule has 3 aromatic rings.